The number of rotatable bonds is 8. The fourth-order valence-electron chi connectivity index (χ4n) is 2.16. The minimum absolute atomic E-state index is 0.0175. The van der Waals surface area contributed by atoms with E-state index in [1.54, 1.807) is 23.9 Å². The summed E-state index contributed by atoms with van der Waals surface area (Å²) in [5.41, 5.74) is 3.52. The molecule has 0 heterocycles. The number of carbonyl (C=O) groups excluding carboxylic acids is 1. The number of ether oxygens (including phenoxy) is 1. The van der Waals surface area contributed by atoms with Crippen molar-refractivity contribution >= 4 is 29.3 Å². The summed E-state index contributed by atoms with van der Waals surface area (Å²) in [6.45, 7) is 4.65. The second-order valence-electron chi connectivity index (χ2n) is 5.59. The Morgan fingerprint density at radius 2 is 2.04 bits per heavy atom. The first kappa shape index (κ1) is 18.7. The molecule has 0 bridgehead atoms. The molecule has 2 rings (SSSR count). The van der Waals surface area contributed by atoms with Gasteiger partial charge in [0.15, 0.2) is 6.61 Å². The van der Waals surface area contributed by atoms with E-state index in [0.29, 0.717) is 17.3 Å². The van der Waals surface area contributed by atoms with Gasteiger partial charge in [-0.05, 0) is 43.2 Å². The molecule has 0 saturated heterocycles. The van der Waals surface area contributed by atoms with Crippen molar-refractivity contribution in [3.05, 3.63) is 64.2 Å². The van der Waals surface area contributed by atoms with Gasteiger partial charge in [0.2, 0.25) is 0 Å². The van der Waals surface area contributed by atoms with E-state index in [1.165, 1.54) is 11.1 Å². The molecule has 2 aromatic rings. The third-order valence-electron chi connectivity index (χ3n) is 3.42. The van der Waals surface area contributed by atoms with Crippen molar-refractivity contribution < 1.29 is 9.53 Å². The third kappa shape index (κ3) is 6.46. The third-order valence-corrected chi connectivity index (χ3v) is 4.87. The zero-order valence-electron chi connectivity index (χ0n) is 14.0. The first-order valence-corrected chi connectivity index (χ1v) is 9.37. The molecule has 0 aliphatic heterocycles. The first-order chi connectivity index (χ1) is 11.5. The van der Waals surface area contributed by atoms with Crippen LogP contribution in [0.15, 0.2) is 42.5 Å². The molecule has 0 saturated carbocycles. The Kier molecular flexibility index (Phi) is 7.47. The number of benzene rings is 2. The molecule has 128 valence electrons. The van der Waals surface area contributed by atoms with Gasteiger partial charge in [-0.15, -0.1) is 0 Å². The molecule has 24 heavy (non-hydrogen) atoms. The van der Waals surface area contributed by atoms with Gasteiger partial charge in [-0.2, -0.15) is 11.8 Å². The number of amides is 1. The van der Waals surface area contributed by atoms with Crippen LogP contribution in [-0.2, 0) is 10.5 Å². The zero-order chi connectivity index (χ0) is 17.4. The van der Waals surface area contributed by atoms with Crippen molar-refractivity contribution in [1.29, 1.82) is 0 Å². The van der Waals surface area contributed by atoms with Gasteiger partial charge in [-0.3, -0.25) is 4.79 Å². The highest BCUT2D eigenvalue weighted by molar-refractivity contribution is 7.98. The van der Waals surface area contributed by atoms with Crippen LogP contribution in [0.3, 0.4) is 0 Å². The van der Waals surface area contributed by atoms with E-state index in [4.69, 9.17) is 16.3 Å². The summed E-state index contributed by atoms with van der Waals surface area (Å²) in [5, 5.41) is 3.56. The molecule has 0 aliphatic rings. The van der Waals surface area contributed by atoms with Crippen molar-refractivity contribution in [3.8, 4) is 5.75 Å². The Labute approximate surface area is 152 Å². The summed E-state index contributed by atoms with van der Waals surface area (Å²) < 4.78 is 5.47. The maximum Gasteiger partial charge on any atom is 0.257 e. The molecule has 0 spiro atoms. The molecule has 3 nitrogen and oxygen atoms in total. The number of carbonyl (C=O) groups is 1. The second kappa shape index (κ2) is 9.60. The Bertz CT molecular complexity index is 691. The predicted molar refractivity (Wildman–Crippen MR) is 102 cm³/mol. The summed E-state index contributed by atoms with van der Waals surface area (Å²) in [4.78, 5) is 11.8. The van der Waals surface area contributed by atoms with Crippen molar-refractivity contribution in [3.63, 3.8) is 0 Å². The van der Waals surface area contributed by atoms with Crippen LogP contribution >= 0.6 is 23.4 Å². The summed E-state index contributed by atoms with van der Waals surface area (Å²) >= 11 is 7.76. The van der Waals surface area contributed by atoms with Crippen LogP contribution in [0, 0.1) is 13.8 Å². The van der Waals surface area contributed by atoms with Crippen LogP contribution in [0.25, 0.3) is 0 Å². The average molecular weight is 364 g/mol. The van der Waals surface area contributed by atoms with Crippen molar-refractivity contribution in [1.82, 2.24) is 5.32 Å². The highest BCUT2D eigenvalue weighted by Crippen LogP contribution is 2.20. The molecular formula is C19H22ClNO2S. The van der Waals surface area contributed by atoms with E-state index in [1.807, 2.05) is 13.0 Å². The van der Waals surface area contributed by atoms with Crippen LogP contribution in [-0.4, -0.2) is 24.8 Å². The summed E-state index contributed by atoms with van der Waals surface area (Å²) in [5.74, 6) is 2.37. The Morgan fingerprint density at radius 3 is 2.79 bits per heavy atom. The molecule has 5 heteroatoms. The number of nitrogens with one attached hydrogen (secondary N) is 1. The van der Waals surface area contributed by atoms with Gasteiger partial charge in [0.05, 0.1) is 0 Å². The van der Waals surface area contributed by atoms with Crippen LogP contribution in [0.5, 0.6) is 5.75 Å². The fourth-order valence-corrected chi connectivity index (χ4v) is 3.08. The molecule has 0 aromatic heterocycles. The Balaban J connectivity index is 1.60. The molecule has 2 aromatic carbocycles. The largest absolute Gasteiger partial charge is 0.484 e. The van der Waals surface area contributed by atoms with E-state index in [-0.39, 0.29) is 12.5 Å². The fraction of sp³-hybridized carbons (Fsp3) is 0.316. The average Bonchev–Trinajstić information content (AvgIpc) is 2.56. The molecule has 0 atom stereocenters. The molecule has 1 N–H and O–H groups in total. The summed E-state index contributed by atoms with van der Waals surface area (Å²) in [6.07, 6.45) is 0. The Hall–Kier alpha value is -1.65. The summed E-state index contributed by atoms with van der Waals surface area (Å²) in [7, 11) is 0. The van der Waals surface area contributed by atoms with Crippen molar-refractivity contribution in [2.75, 3.05) is 18.9 Å². The van der Waals surface area contributed by atoms with Crippen molar-refractivity contribution in [2.24, 2.45) is 0 Å². The van der Waals surface area contributed by atoms with Gasteiger partial charge in [0.25, 0.3) is 5.91 Å². The lowest BCUT2D eigenvalue weighted by Gasteiger charge is -2.09. The van der Waals surface area contributed by atoms with E-state index in [9.17, 15) is 4.79 Å². The lowest BCUT2D eigenvalue weighted by atomic mass is 10.2. The zero-order valence-corrected chi connectivity index (χ0v) is 15.5. The quantitative estimate of drug-likeness (QED) is 0.707. The first-order valence-electron chi connectivity index (χ1n) is 7.83. The summed E-state index contributed by atoms with van der Waals surface area (Å²) in [6, 6.07) is 13.8. The van der Waals surface area contributed by atoms with E-state index in [0.717, 1.165) is 17.1 Å². The van der Waals surface area contributed by atoms with Gasteiger partial charge in [0, 0.05) is 23.1 Å². The van der Waals surface area contributed by atoms with Gasteiger partial charge in [0.1, 0.15) is 5.75 Å². The van der Waals surface area contributed by atoms with Crippen LogP contribution in [0.1, 0.15) is 16.7 Å². The SMILES string of the molecule is Cc1cccc(CSCCNC(=O)COc2ccc(Cl)c(C)c2)c1. The van der Waals surface area contributed by atoms with Gasteiger partial charge < -0.3 is 10.1 Å². The second-order valence-corrected chi connectivity index (χ2v) is 7.10. The minimum atomic E-state index is -0.112. The number of halogens is 1. The monoisotopic (exact) mass is 363 g/mol. The minimum Gasteiger partial charge on any atom is -0.484 e. The number of hydrogen-bond donors (Lipinski definition) is 1. The molecule has 0 fully saturated rings. The lowest BCUT2D eigenvalue weighted by Crippen LogP contribution is -2.30. The molecule has 0 aliphatic carbocycles. The molecular weight excluding hydrogens is 342 g/mol. The van der Waals surface area contributed by atoms with E-state index < -0.39 is 0 Å². The smallest absolute Gasteiger partial charge is 0.257 e. The van der Waals surface area contributed by atoms with Crippen molar-refractivity contribution in [2.45, 2.75) is 19.6 Å². The lowest BCUT2D eigenvalue weighted by molar-refractivity contribution is -0.122. The number of hydrogen-bond acceptors (Lipinski definition) is 3. The van der Waals surface area contributed by atoms with Gasteiger partial charge >= 0.3 is 0 Å². The Morgan fingerprint density at radius 1 is 1.21 bits per heavy atom. The molecule has 0 radical (unpaired) electrons. The van der Waals surface area contributed by atoms with E-state index >= 15 is 0 Å². The van der Waals surface area contributed by atoms with Crippen LogP contribution in [0.4, 0.5) is 0 Å². The topological polar surface area (TPSA) is 38.3 Å². The maximum absolute atomic E-state index is 11.8. The highest BCUT2D eigenvalue weighted by atomic mass is 35.5. The van der Waals surface area contributed by atoms with E-state index in [2.05, 4.69) is 36.5 Å². The van der Waals surface area contributed by atoms with Crippen LogP contribution in [0.2, 0.25) is 5.02 Å². The maximum atomic E-state index is 11.8. The molecule has 1 amide bonds. The number of aryl methyl sites for hydroxylation is 2. The number of thioether (sulfide) groups is 1. The van der Waals surface area contributed by atoms with Gasteiger partial charge in [-0.25, -0.2) is 0 Å². The normalized spacial score (nSPS) is 10.5. The van der Waals surface area contributed by atoms with Gasteiger partial charge in [-0.1, -0.05) is 41.4 Å². The highest BCUT2D eigenvalue weighted by Gasteiger charge is 2.04. The van der Waals surface area contributed by atoms with Crippen LogP contribution < -0.4 is 10.1 Å². The standard InChI is InChI=1S/C19H22ClNO2S/c1-14-4-3-5-16(10-14)13-24-9-8-21-19(22)12-23-17-6-7-18(20)15(2)11-17/h3-7,10-11H,8-9,12-13H2,1-2H3,(H,21,22). The molecule has 0 unspecified atom stereocenters. The predicted octanol–water partition coefficient (Wildman–Crippen LogP) is 4.39.